The number of piperazine rings is 1. The van der Waals surface area contributed by atoms with Gasteiger partial charge in [-0.1, -0.05) is 23.8 Å². The standard InChI is InChI=1S/C28H27F3N4O2/c1-17-8-10-24-22(13-17)26(33-23-9-7-18(2)14-25(23)37-24)34-11-12-35(19(3)16-34)27(36)32-21-6-4-5-20(15-21)28(29,30)31/h4-10,13-15,19H,11-12,16H2,1-3H3,(H,32,36)/t19-/m1/s1. The number of hydrogen-bond donors (Lipinski definition) is 1. The molecule has 0 aromatic heterocycles. The second-order valence-electron chi connectivity index (χ2n) is 9.51. The number of nitrogens with one attached hydrogen (secondary N) is 1. The van der Waals surface area contributed by atoms with Crippen LogP contribution < -0.4 is 10.1 Å². The second kappa shape index (κ2) is 9.46. The van der Waals surface area contributed by atoms with Gasteiger partial charge in [0.25, 0.3) is 0 Å². The fourth-order valence-electron chi connectivity index (χ4n) is 4.66. The van der Waals surface area contributed by atoms with Crippen LogP contribution in [0.15, 0.2) is 65.7 Å². The van der Waals surface area contributed by atoms with E-state index >= 15 is 0 Å². The van der Waals surface area contributed by atoms with Gasteiger partial charge in [0, 0.05) is 31.4 Å². The van der Waals surface area contributed by atoms with Crippen LogP contribution in [0.25, 0.3) is 0 Å². The highest BCUT2D eigenvalue weighted by Gasteiger charge is 2.33. The van der Waals surface area contributed by atoms with Crippen molar-refractivity contribution in [2.75, 3.05) is 25.0 Å². The van der Waals surface area contributed by atoms with E-state index in [0.717, 1.165) is 40.3 Å². The summed E-state index contributed by atoms with van der Waals surface area (Å²) in [5.41, 5.74) is 3.05. The number of alkyl halides is 3. The Morgan fingerprint density at radius 1 is 1.00 bits per heavy atom. The maximum atomic E-state index is 13.1. The minimum Gasteiger partial charge on any atom is -0.454 e. The maximum Gasteiger partial charge on any atom is 0.416 e. The molecule has 2 heterocycles. The van der Waals surface area contributed by atoms with Gasteiger partial charge in [0.05, 0.1) is 11.1 Å². The van der Waals surface area contributed by atoms with Crippen LogP contribution in [0.4, 0.5) is 29.3 Å². The van der Waals surface area contributed by atoms with E-state index < -0.39 is 17.8 Å². The lowest BCUT2D eigenvalue weighted by Crippen LogP contribution is -2.56. The quantitative estimate of drug-likeness (QED) is 0.396. The number of aryl methyl sites for hydroxylation is 2. The number of hydrogen-bond acceptors (Lipinski definition) is 4. The summed E-state index contributed by atoms with van der Waals surface area (Å²) in [5, 5.41) is 2.62. The van der Waals surface area contributed by atoms with Crippen molar-refractivity contribution in [2.45, 2.75) is 33.0 Å². The van der Waals surface area contributed by atoms with Gasteiger partial charge in [0.1, 0.15) is 17.3 Å². The number of amidine groups is 1. The first-order valence-corrected chi connectivity index (χ1v) is 12.1. The minimum atomic E-state index is -4.48. The lowest BCUT2D eigenvalue weighted by Gasteiger charge is -2.41. The highest BCUT2D eigenvalue weighted by molar-refractivity contribution is 6.04. The van der Waals surface area contributed by atoms with Gasteiger partial charge in [-0.25, -0.2) is 9.79 Å². The average Bonchev–Trinajstić information content (AvgIpc) is 2.99. The molecule has 1 saturated heterocycles. The van der Waals surface area contributed by atoms with Gasteiger partial charge >= 0.3 is 12.2 Å². The molecule has 0 saturated carbocycles. The first kappa shape index (κ1) is 24.7. The van der Waals surface area contributed by atoms with Crippen molar-refractivity contribution < 1.29 is 22.7 Å². The van der Waals surface area contributed by atoms with Crippen LogP contribution in [0.1, 0.15) is 29.2 Å². The van der Waals surface area contributed by atoms with E-state index in [1.165, 1.54) is 12.1 Å². The molecule has 192 valence electrons. The number of aliphatic imine (C=N–C) groups is 1. The Morgan fingerprint density at radius 2 is 1.76 bits per heavy atom. The summed E-state index contributed by atoms with van der Waals surface area (Å²) in [5.74, 6) is 2.17. The molecule has 0 aliphatic carbocycles. The number of anilines is 1. The Balaban J connectivity index is 1.38. The molecule has 3 aromatic rings. The lowest BCUT2D eigenvalue weighted by molar-refractivity contribution is -0.137. The van der Waals surface area contributed by atoms with Crippen molar-refractivity contribution in [1.82, 2.24) is 9.80 Å². The van der Waals surface area contributed by atoms with Gasteiger partial charge in [-0.2, -0.15) is 13.2 Å². The highest BCUT2D eigenvalue weighted by Crippen LogP contribution is 2.39. The number of ether oxygens (including phenoxy) is 1. The van der Waals surface area contributed by atoms with Gasteiger partial charge in [-0.05, 0) is 68.8 Å². The molecule has 3 aromatic carbocycles. The van der Waals surface area contributed by atoms with E-state index in [0.29, 0.717) is 31.1 Å². The number of carbonyl (C=O) groups excluding carboxylic acids is 1. The van der Waals surface area contributed by atoms with Crippen LogP contribution in [-0.2, 0) is 6.18 Å². The van der Waals surface area contributed by atoms with Gasteiger partial charge < -0.3 is 19.9 Å². The smallest absolute Gasteiger partial charge is 0.416 e. The third-order valence-electron chi connectivity index (χ3n) is 6.57. The largest absolute Gasteiger partial charge is 0.454 e. The first-order chi connectivity index (χ1) is 17.6. The van der Waals surface area contributed by atoms with E-state index in [1.54, 1.807) is 4.90 Å². The number of fused-ring (bicyclic) bond motifs is 2. The SMILES string of the molecule is Cc1ccc2c(c1)Oc1ccc(C)cc1C(N1CCN(C(=O)Nc3cccc(C(F)(F)F)c3)[C@H](C)C1)=N2. The average molecular weight is 509 g/mol. The number of benzene rings is 3. The van der Waals surface area contributed by atoms with Crippen molar-refractivity contribution in [3.05, 3.63) is 82.9 Å². The third kappa shape index (κ3) is 5.12. The second-order valence-corrected chi connectivity index (χ2v) is 9.51. The Labute approximate surface area is 213 Å². The topological polar surface area (TPSA) is 57.2 Å². The summed E-state index contributed by atoms with van der Waals surface area (Å²) in [6.45, 7) is 7.32. The van der Waals surface area contributed by atoms with Crippen molar-refractivity contribution in [1.29, 1.82) is 0 Å². The molecule has 2 amide bonds. The molecule has 6 nitrogen and oxygen atoms in total. The highest BCUT2D eigenvalue weighted by atomic mass is 19.4. The maximum absolute atomic E-state index is 13.1. The zero-order valence-corrected chi connectivity index (χ0v) is 20.8. The fourth-order valence-corrected chi connectivity index (χ4v) is 4.66. The predicted octanol–water partition coefficient (Wildman–Crippen LogP) is 6.74. The first-order valence-electron chi connectivity index (χ1n) is 12.1. The number of urea groups is 1. The van der Waals surface area contributed by atoms with Gasteiger partial charge in [-0.3, -0.25) is 0 Å². The van der Waals surface area contributed by atoms with Crippen LogP contribution in [0, 0.1) is 13.8 Å². The van der Waals surface area contributed by atoms with Crippen molar-refractivity contribution in [3.63, 3.8) is 0 Å². The molecule has 37 heavy (non-hydrogen) atoms. The predicted molar refractivity (Wildman–Crippen MR) is 137 cm³/mol. The van der Waals surface area contributed by atoms with Gasteiger partial charge in [0.2, 0.25) is 0 Å². The van der Waals surface area contributed by atoms with Crippen LogP contribution in [-0.4, -0.2) is 47.3 Å². The fraction of sp³-hybridized carbons (Fsp3) is 0.286. The number of halogens is 3. The Hall–Kier alpha value is -4.01. The van der Waals surface area contributed by atoms with E-state index in [4.69, 9.17) is 9.73 Å². The summed E-state index contributed by atoms with van der Waals surface area (Å²) < 4.78 is 45.4. The van der Waals surface area contributed by atoms with Crippen molar-refractivity contribution in [3.8, 4) is 11.5 Å². The molecular formula is C28H27F3N4O2. The summed E-state index contributed by atoms with van der Waals surface area (Å²) >= 11 is 0. The van der Waals surface area contributed by atoms with Crippen LogP contribution in [0.2, 0.25) is 0 Å². The summed E-state index contributed by atoms with van der Waals surface area (Å²) in [4.78, 5) is 21.7. The van der Waals surface area contributed by atoms with E-state index in [1.807, 2.05) is 57.2 Å². The van der Waals surface area contributed by atoms with Crippen LogP contribution in [0.5, 0.6) is 11.5 Å². The molecule has 0 unspecified atom stereocenters. The zero-order chi connectivity index (χ0) is 26.3. The summed E-state index contributed by atoms with van der Waals surface area (Å²) in [7, 11) is 0. The molecule has 5 rings (SSSR count). The Bertz CT molecular complexity index is 1390. The molecule has 0 radical (unpaired) electrons. The number of carbonyl (C=O) groups is 1. The zero-order valence-electron chi connectivity index (χ0n) is 20.8. The summed E-state index contributed by atoms with van der Waals surface area (Å²) in [6.07, 6.45) is -4.48. The molecule has 0 spiro atoms. The van der Waals surface area contributed by atoms with E-state index in [-0.39, 0.29) is 11.7 Å². The van der Waals surface area contributed by atoms with Crippen LogP contribution in [0.3, 0.4) is 0 Å². The third-order valence-corrected chi connectivity index (χ3v) is 6.57. The molecule has 1 N–H and O–H groups in total. The molecule has 0 bridgehead atoms. The minimum absolute atomic E-state index is 0.107. The molecule has 2 aliphatic heterocycles. The molecule has 9 heteroatoms. The monoisotopic (exact) mass is 508 g/mol. The molecule has 2 aliphatic rings. The molecule has 1 fully saturated rings. The molecule has 1 atom stereocenters. The van der Waals surface area contributed by atoms with E-state index in [2.05, 4.69) is 10.2 Å². The Kier molecular flexibility index (Phi) is 6.31. The summed E-state index contributed by atoms with van der Waals surface area (Å²) in [6, 6.07) is 15.9. The van der Waals surface area contributed by atoms with Crippen LogP contribution >= 0.6 is 0 Å². The lowest BCUT2D eigenvalue weighted by atomic mass is 10.1. The van der Waals surface area contributed by atoms with Crippen molar-refractivity contribution in [2.24, 2.45) is 4.99 Å². The van der Waals surface area contributed by atoms with Gasteiger partial charge in [-0.15, -0.1) is 0 Å². The molecular weight excluding hydrogens is 481 g/mol. The van der Waals surface area contributed by atoms with Crippen molar-refractivity contribution >= 4 is 23.2 Å². The number of nitrogens with zero attached hydrogens (tertiary/aromatic N) is 3. The van der Waals surface area contributed by atoms with Gasteiger partial charge in [0.15, 0.2) is 5.75 Å². The normalized spacial score (nSPS) is 17.2. The van der Waals surface area contributed by atoms with E-state index in [9.17, 15) is 18.0 Å². The Morgan fingerprint density at radius 3 is 2.51 bits per heavy atom. The number of rotatable bonds is 1. The number of amides is 2.